The lowest BCUT2D eigenvalue weighted by molar-refractivity contribution is -0.475. The summed E-state index contributed by atoms with van der Waals surface area (Å²) in [6, 6.07) is 0. The van der Waals surface area contributed by atoms with Crippen molar-refractivity contribution in [3.63, 3.8) is 0 Å². The molecule has 0 aromatic heterocycles. The molecule has 4 nitrogen and oxygen atoms in total. The van der Waals surface area contributed by atoms with Crippen molar-refractivity contribution in [2.24, 2.45) is 4.99 Å². The molecule has 0 bridgehead atoms. The smallest absolute Gasteiger partial charge is 0.272 e. The third-order valence-corrected chi connectivity index (χ3v) is 1.50. The fourth-order valence-corrected chi connectivity index (χ4v) is 0.851. The summed E-state index contributed by atoms with van der Waals surface area (Å²) in [6.45, 7) is 0. The first-order valence-corrected chi connectivity index (χ1v) is 2.89. The molecular formula is C3H3N2O2S. The lowest BCUT2D eigenvalue weighted by atomic mass is 10.7. The van der Waals surface area contributed by atoms with Crippen molar-refractivity contribution >= 4 is 18.0 Å². The van der Waals surface area contributed by atoms with Crippen molar-refractivity contribution in [2.45, 2.75) is 5.37 Å². The van der Waals surface area contributed by atoms with E-state index in [1.54, 1.807) is 0 Å². The van der Waals surface area contributed by atoms with Crippen molar-refractivity contribution < 1.29 is 4.92 Å². The number of nitrogens with zero attached hydrogens (tertiary/aromatic N) is 2. The van der Waals surface area contributed by atoms with Gasteiger partial charge in [-0.15, -0.1) is 0 Å². The van der Waals surface area contributed by atoms with Crippen LogP contribution in [0.25, 0.3) is 0 Å². The van der Waals surface area contributed by atoms with Gasteiger partial charge in [0, 0.05) is 4.92 Å². The molecule has 1 radical (unpaired) electrons. The first-order chi connectivity index (χ1) is 3.80. The number of hydrogen-bond acceptors (Lipinski definition) is 4. The van der Waals surface area contributed by atoms with E-state index >= 15 is 0 Å². The minimum absolute atomic E-state index is 0.377. The van der Waals surface area contributed by atoms with Crippen LogP contribution in [0.1, 0.15) is 0 Å². The first kappa shape index (κ1) is 5.55. The Kier molecular flexibility index (Phi) is 1.48. The Balaban J connectivity index is 2.48. The zero-order valence-electron chi connectivity index (χ0n) is 3.85. The normalized spacial score (nSPS) is 26.2. The Hall–Kier alpha value is -0.580. The standard InChI is InChI=1S/C3H3N2O2S/c6-5(7)3-1-4-2-8-3/h1-3H. The van der Waals surface area contributed by atoms with Gasteiger partial charge < -0.3 is 0 Å². The lowest BCUT2D eigenvalue weighted by Gasteiger charge is -1.91. The minimum Gasteiger partial charge on any atom is -0.272 e. The summed E-state index contributed by atoms with van der Waals surface area (Å²) < 4.78 is 0. The highest BCUT2D eigenvalue weighted by Crippen LogP contribution is 2.19. The summed E-state index contributed by atoms with van der Waals surface area (Å²) in [4.78, 5) is 13.1. The SMILES string of the molecule is O=[N+]([O-])C1C=N[CH]S1. The predicted molar refractivity (Wildman–Crippen MR) is 31.2 cm³/mol. The van der Waals surface area contributed by atoms with Gasteiger partial charge in [-0.3, -0.25) is 15.1 Å². The number of aliphatic imine (C=N–C) groups is 1. The Bertz CT molecular complexity index is 135. The van der Waals surface area contributed by atoms with Crippen molar-refractivity contribution in [2.75, 3.05) is 0 Å². The molecule has 43 valence electrons. The zero-order chi connectivity index (χ0) is 5.98. The van der Waals surface area contributed by atoms with Crippen LogP contribution in [0.4, 0.5) is 0 Å². The Morgan fingerprint density at radius 1 is 1.88 bits per heavy atom. The first-order valence-electron chi connectivity index (χ1n) is 1.94. The molecule has 1 unspecified atom stereocenters. The molecular weight excluding hydrogens is 128 g/mol. The van der Waals surface area contributed by atoms with Gasteiger partial charge in [0.2, 0.25) is 0 Å². The van der Waals surface area contributed by atoms with Gasteiger partial charge in [-0.05, 0) is 11.8 Å². The molecule has 0 amide bonds. The van der Waals surface area contributed by atoms with Gasteiger partial charge >= 0.3 is 0 Å². The minimum atomic E-state index is -0.644. The van der Waals surface area contributed by atoms with Crippen LogP contribution in [0, 0.1) is 16.0 Å². The monoisotopic (exact) mass is 131 g/mol. The number of rotatable bonds is 1. The summed E-state index contributed by atoms with van der Waals surface area (Å²) in [5, 5.41) is 9.23. The predicted octanol–water partition coefficient (Wildman–Crippen LogP) is 0.526. The van der Waals surface area contributed by atoms with Gasteiger partial charge in [0.05, 0.1) is 6.21 Å². The highest BCUT2D eigenvalue weighted by atomic mass is 32.2. The highest BCUT2D eigenvalue weighted by molar-refractivity contribution is 8.02. The molecule has 0 saturated heterocycles. The topological polar surface area (TPSA) is 55.5 Å². The largest absolute Gasteiger partial charge is 0.295 e. The van der Waals surface area contributed by atoms with E-state index in [9.17, 15) is 10.1 Å². The molecule has 0 spiro atoms. The summed E-state index contributed by atoms with van der Waals surface area (Å²) in [7, 11) is 0. The zero-order valence-corrected chi connectivity index (χ0v) is 4.67. The average molecular weight is 131 g/mol. The van der Waals surface area contributed by atoms with Crippen LogP contribution in [0.3, 0.4) is 0 Å². The summed E-state index contributed by atoms with van der Waals surface area (Å²) in [6.07, 6.45) is 1.31. The molecule has 0 aliphatic carbocycles. The third-order valence-electron chi connectivity index (χ3n) is 0.683. The molecule has 1 aliphatic rings. The number of thioether (sulfide) groups is 1. The van der Waals surface area contributed by atoms with Crippen molar-refractivity contribution in [3.8, 4) is 0 Å². The fraction of sp³-hybridized carbons (Fsp3) is 0.333. The van der Waals surface area contributed by atoms with Crippen LogP contribution < -0.4 is 0 Å². The van der Waals surface area contributed by atoms with E-state index in [0.717, 1.165) is 11.8 Å². The van der Waals surface area contributed by atoms with E-state index in [-0.39, 0.29) is 4.92 Å². The molecule has 0 fully saturated rings. The molecule has 5 heteroatoms. The van der Waals surface area contributed by atoms with Gasteiger partial charge in [-0.2, -0.15) is 0 Å². The third kappa shape index (κ3) is 0.975. The van der Waals surface area contributed by atoms with Crippen LogP contribution in [0.5, 0.6) is 0 Å². The van der Waals surface area contributed by atoms with Gasteiger partial charge in [-0.1, -0.05) is 0 Å². The maximum Gasteiger partial charge on any atom is 0.295 e. The molecule has 8 heavy (non-hydrogen) atoms. The molecule has 0 saturated carbocycles. The van der Waals surface area contributed by atoms with E-state index in [1.807, 2.05) is 0 Å². The second-order valence-electron chi connectivity index (χ2n) is 1.22. The van der Waals surface area contributed by atoms with Crippen LogP contribution in [0.2, 0.25) is 0 Å². The van der Waals surface area contributed by atoms with Crippen molar-refractivity contribution in [1.29, 1.82) is 0 Å². The Morgan fingerprint density at radius 2 is 2.62 bits per heavy atom. The molecule has 1 aliphatic heterocycles. The molecule has 0 N–H and O–H groups in total. The van der Waals surface area contributed by atoms with Gasteiger partial charge in [-0.25, -0.2) is 0 Å². The molecule has 1 rings (SSSR count). The quantitative estimate of drug-likeness (QED) is 0.385. The maximum atomic E-state index is 9.88. The molecule has 0 aromatic rings. The maximum absolute atomic E-state index is 9.88. The highest BCUT2D eigenvalue weighted by Gasteiger charge is 2.21. The van der Waals surface area contributed by atoms with Crippen LogP contribution in [0.15, 0.2) is 4.99 Å². The summed E-state index contributed by atoms with van der Waals surface area (Å²) in [5.41, 5.74) is 0. The molecule has 0 aromatic carbocycles. The lowest BCUT2D eigenvalue weighted by Crippen LogP contribution is -2.12. The van der Waals surface area contributed by atoms with Crippen LogP contribution >= 0.6 is 11.8 Å². The second kappa shape index (κ2) is 2.13. The fourth-order valence-electron chi connectivity index (χ4n) is 0.346. The number of hydrogen-bond donors (Lipinski definition) is 0. The van der Waals surface area contributed by atoms with Crippen molar-refractivity contribution in [1.82, 2.24) is 0 Å². The number of nitro groups is 1. The van der Waals surface area contributed by atoms with Crippen LogP contribution in [-0.4, -0.2) is 16.5 Å². The van der Waals surface area contributed by atoms with Crippen LogP contribution in [-0.2, 0) is 0 Å². The van der Waals surface area contributed by atoms with Gasteiger partial charge in [0.15, 0.2) is 0 Å². The van der Waals surface area contributed by atoms with E-state index in [2.05, 4.69) is 4.99 Å². The second-order valence-corrected chi connectivity index (χ2v) is 2.18. The summed E-state index contributed by atoms with van der Waals surface area (Å²) in [5.74, 6) is 1.47. The molecule has 1 heterocycles. The average Bonchev–Trinajstić information content (AvgIpc) is 2.12. The molecule has 1 atom stereocenters. The van der Waals surface area contributed by atoms with Crippen molar-refractivity contribution in [3.05, 3.63) is 16.0 Å². The van der Waals surface area contributed by atoms with E-state index in [1.165, 1.54) is 12.1 Å². The summed E-state index contributed by atoms with van der Waals surface area (Å²) >= 11 is 1.10. The van der Waals surface area contributed by atoms with E-state index in [4.69, 9.17) is 0 Å². The van der Waals surface area contributed by atoms with E-state index < -0.39 is 5.37 Å². The van der Waals surface area contributed by atoms with E-state index in [0.29, 0.717) is 0 Å². The Labute approximate surface area is 50.1 Å². The van der Waals surface area contributed by atoms with Gasteiger partial charge in [0.25, 0.3) is 5.37 Å². The Morgan fingerprint density at radius 3 is 2.88 bits per heavy atom. The van der Waals surface area contributed by atoms with Gasteiger partial charge in [0.1, 0.15) is 5.88 Å².